The van der Waals surface area contributed by atoms with Gasteiger partial charge < -0.3 is 5.11 Å². The van der Waals surface area contributed by atoms with Crippen LogP contribution in [0, 0.1) is 0 Å². The summed E-state index contributed by atoms with van der Waals surface area (Å²) in [7, 11) is 1.72. The highest BCUT2D eigenvalue weighted by Crippen LogP contribution is 2.24. The fraction of sp³-hybridized carbons (Fsp3) is 0.0556. The molecular formula is C18H14N4OS. The molecule has 0 saturated carbocycles. The van der Waals surface area contributed by atoms with Crippen LogP contribution in [0.1, 0.15) is 4.88 Å². The molecule has 0 radical (unpaired) electrons. The van der Waals surface area contributed by atoms with Crippen molar-refractivity contribution in [1.82, 2.24) is 4.57 Å². The van der Waals surface area contributed by atoms with Crippen molar-refractivity contribution in [1.29, 1.82) is 0 Å². The average Bonchev–Trinajstić information content (AvgIpc) is 3.20. The van der Waals surface area contributed by atoms with E-state index in [9.17, 15) is 5.11 Å². The van der Waals surface area contributed by atoms with E-state index in [1.54, 1.807) is 18.0 Å². The van der Waals surface area contributed by atoms with Gasteiger partial charge in [0.25, 0.3) is 0 Å². The van der Waals surface area contributed by atoms with Crippen LogP contribution in [0.3, 0.4) is 0 Å². The lowest BCUT2D eigenvalue weighted by atomic mass is 10.2. The van der Waals surface area contributed by atoms with E-state index >= 15 is 0 Å². The Kier molecular flexibility index (Phi) is 3.59. The largest absolute Gasteiger partial charge is 0.493 e. The molecule has 4 rings (SSSR count). The van der Waals surface area contributed by atoms with Crippen molar-refractivity contribution < 1.29 is 5.11 Å². The number of hydrogen-bond acceptors (Lipinski definition) is 5. The van der Waals surface area contributed by atoms with Gasteiger partial charge in [0.05, 0.1) is 21.6 Å². The Morgan fingerprint density at radius 3 is 2.79 bits per heavy atom. The first-order chi connectivity index (χ1) is 11.8. The van der Waals surface area contributed by atoms with Gasteiger partial charge in [0.1, 0.15) is 6.34 Å². The highest BCUT2D eigenvalue weighted by atomic mass is 32.1. The van der Waals surface area contributed by atoms with E-state index in [1.165, 1.54) is 11.3 Å². The number of aliphatic imine (C=N–C) groups is 1. The van der Waals surface area contributed by atoms with Crippen molar-refractivity contribution in [2.24, 2.45) is 15.0 Å². The second-order valence-corrected chi connectivity index (χ2v) is 6.24. The summed E-state index contributed by atoms with van der Waals surface area (Å²) in [6.45, 7) is 0. The van der Waals surface area contributed by atoms with E-state index in [1.807, 2.05) is 54.6 Å². The maximum Gasteiger partial charge on any atom is 0.215 e. The zero-order valence-electron chi connectivity index (χ0n) is 12.9. The van der Waals surface area contributed by atoms with Crippen LogP contribution in [0.2, 0.25) is 0 Å². The van der Waals surface area contributed by atoms with Gasteiger partial charge in [-0.15, -0.1) is 0 Å². The van der Waals surface area contributed by atoms with Crippen LogP contribution in [-0.2, 0) is 0 Å². The maximum absolute atomic E-state index is 10.7. The summed E-state index contributed by atoms with van der Waals surface area (Å²) in [4.78, 5) is 14.2. The van der Waals surface area contributed by atoms with Gasteiger partial charge in [-0.3, -0.25) is 9.56 Å². The standard InChI is InChI=1S/C18H14N4OS/c1-19-18-22(13-5-3-2-4-6-13)17(23)16(24-18)10-12-7-8-14-15(9-12)21-11-20-14/h2-11,23H,1H3. The third-order valence-corrected chi connectivity index (χ3v) is 4.79. The Balaban J connectivity index is 1.89. The number of para-hydroxylation sites is 1. The molecule has 0 unspecified atom stereocenters. The van der Waals surface area contributed by atoms with Gasteiger partial charge >= 0.3 is 0 Å². The molecule has 0 saturated heterocycles. The Bertz CT molecular complexity index is 1120. The van der Waals surface area contributed by atoms with Crippen LogP contribution in [0.25, 0.3) is 11.8 Å². The molecule has 0 atom stereocenters. The topological polar surface area (TPSA) is 62.2 Å². The lowest BCUT2D eigenvalue weighted by molar-refractivity contribution is 0.439. The summed E-state index contributed by atoms with van der Waals surface area (Å²) in [5, 5.41) is 12.5. The highest BCUT2D eigenvalue weighted by molar-refractivity contribution is 7.10. The summed E-state index contributed by atoms with van der Waals surface area (Å²) >= 11 is 1.44. The van der Waals surface area contributed by atoms with Crippen molar-refractivity contribution in [2.75, 3.05) is 7.05 Å². The second kappa shape index (κ2) is 5.90. The molecule has 3 aromatic rings. The van der Waals surface area contributed by atoms with Crippen molar-refractivity contribution >= 4 is 29.4 Å². The Morgan fingerprint density at radius 2 is 2.00 bits per heavy atom. The normalized spacial score (nSPS) is 14.0. The predicted molar refractivity (Wildman–Crippen MR) is 95.7 cm³/mol. The first kappa shape index (κ1) is 14.6. The van der Waals surface area contributed by atoms with Crippen LogP contribution in [0.4, 0.5) is 5.69 Å². The minimum Gasteiger partial charge on any atom is -0.493 e. The summed E-state index contributed by atoms with van der Waals surface area (Å²) < 4.78 is 1.75. The van der Waals surface area contributed by atoms with Gasteiger partial charge in [0.2, 0.25) is 5.88 Å². The van der Waals surface area contributed by atoms with Crippen molar-refractivity contribution in [3.63, 3.8) is 0 Å². The fourth-order valence-corrected chi connectivity index (χ4v) is 3.54. The molecule has 2 aromatic carbocycles. The third-order valence-electron chi connectivity index (χ3n) is 3.72. The first-order valence-electron chi connectivity index (χ1n) is 7.41. The van der Waals surface area contributed by atoms with E-state index in [4.69, 9.17) is 0 Å². The molecule has 1 aliphatic heterocycles. The predicted octanol–water partition coefficient (Wildman–Crippen LogP) is 1.90. The Hall–Kier alpha value is -2.99. The molecular weight excluding hydrogens is 320 g/mol. The maximum atomic E-state index is 10.7. The monoisotopic (exact) mass is 334 g/mol. The number of nitrogens with zero attached hydrogens (tertiary/aromatic N) is 4. The van der Waals surface area contributed by atoms with Crippen LogP contribution >= 0.6 is 11.3 Å². The van der Waals surface area contributed by atoms with Gasteiger partial charge in [-0.1, -0.05) is 35.6 Å². The molecule has 118 valence electrons. The SMILES string of the molecule is CN=c1sc(C=c2ccc3c(c2)N=CN=3)c(O)n1-c1ccccc1. The summed E-state index contributed by atoms with van der Waals surface area (Å²) in [5.41, 5.74) is 1.72. The van der Waals surface area contributed by atoms with Crippen LogP contribution < -0.4 is 15.4 Å². The van der Waals surface area contributed by atoms with E-state index in [0.29, 0.717) is 0 Å². The lowest BCUT2D eigenvalue weighted by Gasteiger charge is -2.04. The van der Waals surface area contributed by atoms with Crippen molar-refractivity contribution in [2.45, 2.75) is 0 Å². The number of rotatable bonds is 2. The van der Waals surface area contributed by atoms with Gasteiger partial charge in [-0.05, 0) is 35.6 Å². The van der Waals surface area contributed by atoms with E-state index in [-0.39, 0.29) is 5.88 Å². The lowest BCUT2D eigenvalue weighted by Crippen LogP contribution is -2.11. The average molecular weight is 334 g/mol. The zero-order valence-corrected chi connectivity index (χ0v) is 13.7. The van der Waals surface area contributed by atoms with Crippen molar-refractivity contribution in [3.8, 4) is 11.6 Å². The minimum absolute atomic E-state index is 0.181. The third kappa shape index (κ3) is 2.47. The van der Waals surface area contributed by atoms with Crippen LogP contribution in [0.15, 0.2) is 63.5 Å². The Morgan fingerprint density at radius 1 is 1.17 bits per heavy atom. The van der Waals surface area contributed by atoms with E-state index in [2.05, 4.69) is 15.0 Å². The molecule has 0 aliphatic carbocycles. The van der Waals surface area contributed by atoms with E-state index < -0.39 is 0 Å². The van der Waals surface area contributed by atoms with Gasteiger partial charge in [-0.2, -0.15) is 0 Å². The Labute approximate surface area is 141 Å². The number of aromatic nitrogens is 1. The summed E-state index contributed by atoms with van der Waals surface area (Å²) in [6, 6.07) is 15.5. The fourth-order valence-electron chi connectivity index (χ4n) is 2.59. The van der Waals surface area contributed by atoms with Gasteiger partial charge in [0, 0.05) is 7.05 Å². The second-order valence-electron chi connectivity index (χ2n) is 5.23. The molecule has 1 aliphatic rings. The molecule has 24 heavy (non-hydrogen) atoms. The smallest absolute Gasteiger partial charge is 0.215 e. The molecule has 1 N–H and O–H groups in total. The summed E-state index contributed by atoms with van der Waals surface area (Å²) in [5.74, 6) is 0.181. The molecule has 5 nitrogen and oxygen atoms in total. The molecule has 0 amide bonds. The molecule has 0 fully saturated rings. The molecule has 0 spiro atoms. The molecule has 0 bridgehead atoms. The molecule has 1 aromatic heterocycles. The van der Waals surface area contributed by atoms with Gasteiger partial charge in [-0.25, -0.2) is 9.98 Å². The van der Waals surface area contributed by atoms with E-state index in [0.717, 1.165) is 31.6 Å². The minimum atomic E-state index is 0.181. The van der Waals surface area contributed by atoms with Crippen LogP contribution in [-0.4, -0.2) is 23.1 Å². The van der Waals surface area contributed by atoms with Gasteiger partial charge in [0.15, 0.2) is 4.80 Å². The van der Waals surface area contributed by atoms with Crippen LogP contribution in [0.5, 0.6) is 5.88 Å². The molecule has 2 heterocycles. The van der Waals surface area contributed by atoms with Crippen molar-refractivity contribution in [3.05, 3.63) is 68.8 Å². The molecule has 6 heteroatoms. The zero-order chi connectivity index (χ0) is 16.5. The number of hydrogen-bond donors (Lipinski definition) is 1. The number of benzene rings is 2. The highest BCUT2D eigenvalue weighted by Gasteiger charge is 2.12. The quantitative estimate of drug-likeness (QED) is 0.764. The number of aromatic hydroxyl groups is 1. The number of fused-ring (bicyclic) bond motifs is 1. The summed E-state index contributed by atoms with van der Waals surface area (Å²) in [6.07, 6.45) is 3.48. The number of thiazole rings is 1. The first-order valence-corrected chi connectivity index (χ1v) is 8.23.